The van der Waals surface area contributed by atoms with Gasteiger partial charge in [0.2, 0.25) is 0 Å². The van der Waals surface area contributed by atoms with Crippen molar-refractivity contribution in [2.24, 2.45) is 29.1 Å². The van der Waals surface area contributed by atoms with E-state index in [-0.39, 0.29) is 0 Å². The Kier molecular flexibility index (Phi) is 4.08. The van der Waals surface area contributed by atoms with Gasteiger partial charge in [0.1, 0.15) is 11.9 Å². The van der Waals surface area contributed by atoms with Crippen molar-refractivity contribution in [1.29, 1.82) is 0 Å². The highest BCUT2D eigenvalue weighted by Gasteiger charge is 2.56. The predicted molar refractivity (Wildman–Crippen MR) is 125 cm³/mol. The van der Waals surface area contributed by atoms with Crippen LogP contribution in [0.4, 0.5) is 0 Å². The highest BCUT2D eigenvalue weighted by Crippen LogP contribution is 2.65. The topological polar surface area (TPSA) is 21.3 Å². The maximum atomic E-state index is 6.40. The molecule has 7 aliphatic rings. The normalized spacial score (nSPS) is 38.7. The number of allylic oxidation sites excluding steroid dienone is 11. The minimum absolute atomic E-state index is 0.361. The third-order valence-electron chi connectivity index (χ3n) is 9.23. The van der Waals surface area contributed by atoms with Gasteiger partial charge in [-0.15, -0.1) is 0 Å². The molecule has 1 spiro atoms. The Labute approximate surface area is 186 Å². The molecular weight excluding hydrogens is 378 g/mol. The summed E-state index contributed by atoms with van der Waals surface area (Å²) in [5.74, 6) is 3.81. The van der Waals surface area contributed by atoms with Gasteiger partial charge in [-0.05, 0) is 67.8 Å². The maximum absolute atomic E-state index is 6.40. The van der Waals surface area contributed by atoms with Gasteiger partial charge in [-0.25, -0.2) is 0 Å². The van der Waals surface area contributed by atoms with E-state index in [2.05, 4.69) is 60.0 Å². The summed E-state index contributed by atoms with van der Waals surface area (Å²) < 4.78 is 6.40. The van der Waals surface area contributed by atoms with Crippen LogP contribution in [-0.2, 0) is 4.74 Å². The molecule has 7 rings (SSSR count). The molecule has 0 saturated heterocycles. The van der Waals surface area contributed by atoms with E-state index in [1.807, 2.05) is 0 Å². The number of nitrogens with one attached hydrogen (secondary N) is 1. The molecule has 5 atom stereocenters. The Morgan fingerprint density at radius 1 is 1.00 bits per heavy atom. The molecule has 2 saturated carbocycles. The van der Waals surface area contributed by atoms with Gasteiger partial charge in [0.05, 0.1) is 0 Å². The van der Waals surface area contributed by atoms with Crippen LogP contribution in [0.3, 0.4) is 0 Å². The van der Waals surface area contributed by atoms with Gasteiger partial charge in [0.15, 0.2) is 0 Å². The molecule has 2 nitrogen and oxygen atoms in total. The van der Waals surface area contributed by atoms with Gasteiger partial charge in [-0.2, -0.15) is 0 Å². The van der Waals surface area contributed by atoms with Crippen LogP contribution in [-0.4, -0.2) is 6.10 Å². The molecule has 31 heavy (non-hydrogen) atoms. The summed E-state index contributed by atoms with van der Waals surface area (Å²) in [6.07, 6.45) is 33.4. The molecule has 1 aliphatic heterocycles. The van der Waals surface area contributed by atoms with Crippen LogP contribution in [0.25, 0.3) is 0 Å². The van der Waals surface area contributed by atoms with Gasteiger partial charge in [0, 0.05) is 29.3 Å². The Bertz CT molecular complexity index is 1010. The molecule has 1 heterocycles. The number of rotatable bonds is 2. The molecule has 4 unspecified atom stereocenters. The molecule has 0 bridgehead atoms. The lowest BCUT2D eigenvalue weighted by atomic mass is 9.70. The summed E-state index contributed by atoms with van der Waals surface area (Å²) in [5, 5.41) is 3.90. The summed E-state index contributed by atoms with van der Waals surface area (Å²) in [7, 11) is 0. The van der Waals surface area contributed by atoms with Crippen molar-refractivity contribution in [3.63, 3.8) is 0 Å². The molecule has 0 aromatic heterocycles. The van der Waals surface area contributed by atoms with Crippen molar-refractivity contribution in [2.45, 2.75) is 63.9 Å². The van der Waals surface area contributed by atoms with Crippen LogP contribution < -0.4 is 5.32 Å². The first kappa shape index (κ1) is 18.4. The lowest BCUT2D eigenvalue weighted by molar-refractivity contribution is 0.108. The van der Waals surface area contributed by atoms with Crippen molar-refractivity contribution in [1.82, 2.24) is 5.32 Å². The highest BCUT2D eigenvalue weighted by molar-refractivity contribution is 5.48. The van der Waals surface area contributed by atoms with Gasteiger partial charge < -0.3 is 10.1 Å². The van der Waals surface area contributed by atoms with Crippen LogP contribution in [0.5, 0.6) is 0 Å². The Morgan fingerprint density at radius 3 is 2.84 bits per heavy atom. The summed E-state index contributed by atoms with van der Waals surface area (Å²) >= 11 is 0. The monoisotopic (exact) mass is 411 g/mol. The molecule has 0 radical (unpaired) electrons. The van der Waals surface area contributed by atoms with Crippen LogP contribution in [0.2, 0.25) is 0 Å². The van der Waals surface area contributed by atoms with Crippen LogP contribution in [0.1, 0.15) is 57.8 Å². The summed E-state index contributed by atoms with van der Waals surface area (Å²) in [6.45, 7) is 0. The molecule has 160 valence electrons. The van der Waals surface area contributed by atoms with E-state index < -0.39 is 0 Å². The summed E-state index contributed by atoms with van der Waals surface area (Å²) in [5.41, 5.74) is 6.25. The molecular formula is C29H33NO. The zero-order valence-electron chi connectivity index (χ0n) is 18.4. The van der Waals surface area contributed by atoms with Crippen molar-refractivity contribution in [3.05, 3.63) is 83.0 Å². The van der Waals surface area contributed by atoms with Gasteiger partial charge >= 0.3 is 0 Å². The molecule has 0 aromatic rings. The van der Waals surface area contributed by atoms with Crippen molar-refractivity contribution in [2.75, 3.05) is 0 Å². The zero-order valence-corrected chi connectivity index (χ0v) is 18.4. The summed E-state index contributed by atoms with van der Waals surface area (Å²) in [4.78, 5) is 0. The second kappa shape index (κ2) is 6.89. The largest absolute Gasteiger partial charge is 0.493 e. The molecule has 0 amide bonds. The molecule has 2 fully saturated rings. The van der Waals surface area contributed by atoms with E-state index in [0.717, 1.165) is 25.7 Å². The molecule has 6 aliphatic carbocycles. The smallest absolute Gasteiger partial charge is 0.109 e. The number of ether oxygens (including phenoxy) is 1. The minimum atomic E-state index is 0.361. The second-order valence-corrected chi connectivity index (χ2v) is 10.6. The van der Waals surface area contributed by atoms with E-state index >= 15 is 0 Å². The van der Waals surface area contributed by atoms with E-state index in [1.165, 1.54) is 54.8 Å². The summed E-state index contributed by atoms with van der Waals surface area (Å²) in [6, 6.07) is 0. The average molecular weight is 412 g/mol. The predicted octanol–water partition coefficient (Wildman–Crippen LogP) is 6.64. The van der Waals surface area contributed by atoms with Gasteiger partial charge in [0.25, 0.3) is 0 Å². The lowest BCUT2D eigenvalue weighted by Gasteiger charge is -2.34. The first-order chi connectivity index (χ1) is 15.3. The first-order valence-electron chi connectivity index (χ1n) is 12.6. The maximum Gasteiger partial charge on any atom is 0.109 e. The quantitative estimate of drug-likeness (QED) is 0.515. The Balaban J connectivity index is 1.21. The highest BCUT2D eigenvalue weighted by atomic mass is 16.5. The Morgan fingerprint density at radius 2 is 1.90 bits per heavy atom. The van der Waals surface area contributed by atoms with Crippen molar-refractivity contribution in [3.8, 4) is 0 Å². The lowest BCUT2D eigenvalue weighted by Crippen LogP contribution is -2.27. The first-order valence-corrected chi connectivity index (χ1v) is 12.6. The third kappa shape index (κ3) is 2.63. The SMILES string of the molecule is C1=CC2C(C=C1)C1(CCCC1)C1=CC(NC3=CCCC4=C3C3C=CCCC3O4)=CC[C@@H]12. The minimum Gasteiger partial charge on any atom is -0.493 e. The van der Waals surface area contributed by atoms with E-state index in [1.54, 1.807) is 5.57 Å². The van der Waals surface area contributed by atoms with Crippen molar-refractivity contribution < 1.29 is 4.74 Å². The third-order valence-corrected chi connectivity index (χ3v) is 9.23. The fourth-order valence-electron chi connectivity index (χ4n) is 7.97. The van der Waals surface area contributed by atoms with Crippen LogP contribution >= 0.6 is 0 Å². The molecule has 2 heteroatoms. The number of fused-ring (bicyclic) bond motifs is 7. The number of hydrogen-bond donors (Lipinski definition) is 1. The van der Waals surface area contributed by atoms with Gasteiger partial charge in [-0.3, -0.25) is 0 Å². The van der Waals surface area contributed by atoms with Crippen molar-refractivity contribution >= 4 is 0 Å². The van der Waals surface area contributed by atoms with Gasteiger partial charge in [-0.1, -0.05) is 67.0 Å². The zero-order chi connectivity index (χ0) is 20.4. The average Bonchev–Trinajstić information content (AvgIpc) is 3.51. The van der Waals surface area contributed by atoms with E-state index in [9.17, 15) is 0 Å². The fraction of sp³-hybridized carbons (Fsp3) is 0.517. The fourth-order valence-corrected chi connectivity index (χ4v) is 7.97. The Hall–Kier alpha value is -2.22. The van der Waals surface area contributed by atoms with Crippen LogP contribution in [0.15, 0.2) is 83.0 Å². The standard InChI is InChI=1S/C29H33NO/c1-3-10-23-20(8-1)21-15-14-19(18-24(21)29(23)16-5-6-17-29)30-25-11-7-13-27-28(25)22-9-2-4-12-26(22)31-27/h1-3,8-11,14,18,20-23,26,30H,4-7,12-13,15-17H2/t20?,21-,22?,23?,26?/m1/s1. The van der Waals surface area contributed by atoms with E-state index in [4.69, 9.17) is 4.74 Å². The molecule has 1 N–H and O–H groups in total. The second-order valence-electron chi connectivity index (χ2n) is 10.6. The van der Waals surface area contributed by atoms with Crippen LogP contribution in [0, 0.1) is 29.1 Å². The van der Waals surface area contributed by atoms with E-state index in [0.29, 0.717) is 35.2 Å². The number of hydrogen-bond acceptors (Lipinski definition) is 2. The molecule has 0 aromatic carbocycles.